The van der Waals surface area contributed by atoms with Gasteiger partial charge in [-0.15, -0.1) is 11.3 Å². The fourth-order valence-corrected chi connectivity index (χ4v) is 3.93. The summed E-state index contributed by atoms with van der Waals surface area (Å²) in [6.45, 7) is 1.83. The molecule has 0 aliphatic carbocycles. The normalized spacial score (nSPS) is 14.1. The number of carbonyl (C=O) groups is 2. The van der Waals surface area contributed by atoms with Crippen molar-refractivity contribution in [3.63, 3.8) is 0 Å². The number of anilines is 2. The van der Waals surface area contributed by atoms with Crippen LogP contribution in [0.1, 0.15) is 10.4 Å². The minimum absolute atomic E-state index is 0.0268. The molecule has 2 amide bonds. The number of halogens is 3. The Balaban J connectivity index is 1.82. The Bertz CT molecular complexity index is 1180. The van der Waals surface area contributed by atoms with Crippen LogP contribution in [0.3, 0.4) is 0 Å². The monoisotopic (exact) mass is 430 g/mol. The summed E-state index contributed by atoms with van der Waals surface area (Å²) in [5, 5.41) is 5.18. The van der Waals surface area contributed by atoms with Crippen LogP contribution in [-0.2, 0) is 9.59 Å². The molecule has 0 radical (unpaired) electrons. The summed E-state index contributed by atoms with van der Waals surface area (Å²) in [5.74, 6) is -3.15. The van der Waals surface area contributed by atoms with Gasteiger partial charge in [-0.25, -0.2) is 13.7 Å². The van der Waals surface area contributed by atoms with Gasteiger partial charge in [0.1, 0.15) is 17.3 Å². The largest absolute Gasteiger partial charge is 0.350 e. The maximum absolute atomic E-state index is 14.3. The first-order chi connectivity index (χ1) is 13.9. The van der Waals surface area contributed by atoms with Gasteiger partial charge in [-0.1, -0.05) is 23.7 Å². The Morgan fingerprint density at radius 3 is 2.52 bits per heavy atom. The van der Waals surface area contributed by atoms with E-state index in [4.69, 9.17) is 11.6 Å². The lowest BCUT2D eigenvalue weighted by Gasteiger charge is -2.16. The van der Waals surface area contributed by atoms with E-state index in [-0.39, 0.29) is 11.3 Å². The molecule has 8 heteroatoms. The van der Waals surface area contributed by atoms with E-state index in [1.807, 2.05) is 6.92 Å². The van der Waals surface area contributed by atoms with E-state index < -0.39 is 29.1 Å². The molecule has 3 aromatic rings. The zero-order valence-electron chi connectivity index (χ0n) is 15.0. The SMILES string of the molecule is Cc1ccc(NC2=C(c3cccs3)C(=O)N(c3cc(F)ccc3F)C2=O)cc1Cl. The summed E-state index contributed by atoms with van der Waals surface area (Å²) in [6.07, 6.45) is 0. The van der Waals surface area contributed by atoms with E-state index >= 15 is 0 Å². The van der Waals surface area contributed by atoms with Gasteiger partial charge in [-0.2, -0.15) is 0 Å². The van der Waals surface area contributed by atoms with Gasteiger partial charge in [-0.05, 0) is 48.2 Å². The molecule has 4 rings (SSSR count). The molecule has 1 N–H and O–H groups in total. The van der Waals surface area contributed by atoms with Gasteiger partial charge in [0.15, 0.2) is 0 Å². The topological polar surface area (TPSA) is 49.4 Å². The number of nitrogens with one attached hydrogen (secondary N) is 1. The smallest absolute Gasteiger partial charge is 0.282 e. The summed E-state index contributed by atoms with van der Waals surface area (Å²) in [5.41, 5.74) is 0.966. The molecule has 1 aliphatic heterocycles. The first kappa shape index (κ1) is 19.3. The third-order valence-corrected chi connectivity index (χ3v) is 5.74. The van der Waals surface area contributed by atoms with Gasteiger partial charge in [0.05, 0.1) is 11.3 Å². The number of imide groups is 1. The summed E-state index contributed by atoms with van der Waals surface area (Å²) < 4.78 is 28.0. The summed E-state index contributed by atoms with van der Waals surface area (Å²) in [6, 6.07) is 11.1. The standard InChI is InChI=1S/C21H13ClF2N2O2S/c1-11-4-6-13(10-14(11)22)25-19-18(17-3-2-8-29-17)20(27)26(21(19)28)16-9-12(23)5-7-15(16)24/h2-10,25H,1H3. The number of hydrogen-bond acceptors (Lipinski definition) is 4. The van der Waals surface area contributed by atoms with Gasteiger partial charge in [0, 0.05) is 21.7 Å². The quantitative estimate of drug-likeness (QED) is 0.565. The Morgan fingerprint density at radius 1 is 1.03 bits per heavy atom. The van der Waals surface area contributed by atoms with Crippen LogP contribution in [0.25, 0.3) is 5.57 Å². The van der Waals surface area contributed by atoms with Crippen molar-refractivity contribution < 1.29 is 18.4 Å². The molecule has 0 fully saturated rings. The number of amides is 2. The van der Waals surface area contributed by atoms with Gasteiger partial charge in [0.2, 0.25) is 0 Å². The highest BCUT2D eigenvalue weighted by molar-refractivity contribution is 7.11. The average molecular weight is 431 g/mol. The highest BCUT2D eigenvalue weighted by Crippen LogP contribution is 2.37. The first-order valence-electron chi connectivity index (χ1n) is 8.52. The van der Waals surface area contributed by atoms with E-state index in [1.54, 1.807) is 35.7 Å². The van der Waals surface area contributed by atoms with E-state index in [0.717, 1.165) is 23.8 Å². The van der Waals surface area contributed by atoms with E-state index in [2.05, 4.69) is 5.32 Å². The minimum atomic E-state index is -0.877. The Labute approximate surface area is 174 Å². The molecule has 0 spiro atoms. The van der Waals surface area contributed by atoms with Crippen molar-refractivity contribution in [2.24, 2.45) is 0 Å². The lowest BCUT2D eigenvalue weighted by atomic mass is 10.1. The third-order valence-electron chi connectivity index (χ3n) is 4.44. The van der Waals surface area contributed by atoms with Crippen molar-refractivity contribution >= 4 is 51.7 Å². The Hall–Kier alpha value is -3.03. The number of carbonyl (C=O) groups excluding carboxylic acids is 2. The molecular formula is C21H13ClF2N2O2S. The number of hydrogen-bond donors (Lipinski definition) is 1. The Kier molecular flexibility index (Phi) is 4.94. The molecule has 0 saturated carbocycles. The lowest BCUT2D eigenvalue weighted by Crippen LogP contribution is -2.33. The van der Waals surface area contributed by atoms with Crippen LogP contribution < -0.4 is 10.2 Å². The summed E-state index contributed by atoms with van der Waals surface area (Å²) in [4.78, 5) is 27.4. The van der Waals surface area contributed by atoms with Crippen LogP contribution in [0, 0.1) is 18.6 Å². The molecule has 1 aromatic heterocycles. The lowest BCUT2D eigenvalue weighted by molar-refractivity contribution is -0.120. The van der Waals surface area contributed by atoms with Crippen molar-refractivity contribution in [3.8, 4) is 0 Å². The second kappa shape index (κ2) is 7.42. The molecule has 2 aromatic carbocycles. The summed E-state index contributed by atoms with van der Waals surface area (Å²) >= 11 is 7.41. The third kappa shape index (κ3) is 3.43. The van der Waals surface area contributed by atoms with Crippen LogP contribution in [0.4, 0.5) is 20.2 Å². The van der Waals surface area contributed by atoms with E-state index in [0.29, 0.717) is 20.5 Å². The zero-order valence-corrected chi connectivity index (χ0v) is 16.6. The second-order valence-electron chi connectivity index (χ2n) is 6.36. The molecule has 0 bridgehead atoms. The maximum Gasteiger partial charge on any atom is 0.282 e. The van der Waals surface area contributed by atoms with Gasteiger partial charge in [0.25, 0.3) is 11.8 Å². The van der Waals surface area contributed by atoms with Crippen molar-refractivity contribution in [2.45, 2.75) is 6.92 Å². The first-order valence-corrected chi connectivity index (χ1v) is 9.77. The predicted octanol–water partition coefficient (Wildman–Crippen LogP) is 5.38. The minimum Gasteiger partial charge on any atom is -0.350 e. The highest BCUT2D eigenvalue weighted by Gasteiger charge is 2.42. The zero-order chi connectivity index (χ0) is 20.7. The molecule has 0 saturated heterocycles. The van der Waals surface area contributed by atoms with Crippen LogP contribution in [0.5, 0.6) is 0 Å². The molecule has 0 unspecified atom stereocenters. The fraction of sp³-hybridized carbons (Fsp3) is 0.0476. The number of nitrogens with zero attached hydrogens (tertiary/aromatic N) is 1. The number of thiophene rings is 1. The number of rotatable bonds is 4. The van der Waals surface area contributed by atoms with Gasteiger partial charge in [-0.3, -0.25) is 9.59 Å². The van der Waals surface area contributed by atoms with E-state index in [9.17, 15) is 18.4 Å². The van der Waals surface area contributed by atoms with Crippen molar-refractivity contribution in [3.05, 3.63) is 86.7 Å². The molecule has 146 valence electrons. The van der Waals surface area contributed by atoms with Crippen LogP contribution >= 0.6 is 22.9 Å². The van der Waals surface area contributed by atoms with Crippen LogP contribution in [-0.4, -0.2) is 11.8 Å². The van der Waals surface area contributed by atoms with Crippen molar-refractivity contribution in [2.75, 3.05) is 10.2 Å². The van der Waals surface area contributed by atoms with Gasteiger partial charge >= 0.3 is 0 Å². The van der Waals surface area contributed by atoms with Crippen LogP contribution in [0.15, 0.2) is 59.6 Å². The molecule has 2 heterocycles. The average Bonchev–Trinajstić information content (AvgIpc) is 3.28. The molecular weight excluding hydrogens is 418 g/mol. The molecule has 4 nitrogen and oxygen atoms in total. The number of aryl methyl sites for hydroxylation is 1. The fourth-order valence-electron chi connectivity index (χ4n) is 2.99. The van der Waals surface area contributed by atoms with Crippen molar-refractivity contribution in [1.29, 1.82) is 0 Å². The molecule has 29 heavy (non-hydrogen) atoms. The summed E-state index contributed by atoms with van der Waals surface area (Å²) in [7, 11) is 0. The maximum atomic E-state index is 14.3. The predicted molar refractivity (Wildman–Crippen MR) is 110 cm³/mol. The van der Waals surface area contributed by atoms with Crippen LogP contribution in [0.2, 0.25) is 5.02 Å². The second-order valence-corrected chi connectivity index (χ2v) is 7.71. The molecule has 0 atom stereocenters. The van der Waals surface area contributed by atoms with Gasteiger partial charge < -0.3 is 5.32 Å². The number of benzene rings is 2. The van der Waals surface area contributed by atoms with Crippen molar-refractivity contribution in [1.82, 2.24) is 0 Å². The highest BCUT2D eigenvalue weighted by atomic mass is 35.5. The molecule has 1 aliphatic rings. The Morgan fingerprint density at radius 2 is 1.83 bits per heavy atom. The van der Waals surface area contributed by atoms with E-state index in [1.165, 1.54) is 11.3 Å².